The minimum absolute atomic E-state index is 0.0951. The van der Waals surface area contributed by atoms with Crippen LogP contribution in [0.3, 0.4) is 0 Å². The molecule has 1 aromatic heterocycles. The Balaban J connectivity index is 1.73. The Bertz CT molecular complexity index is 901. The van der Waals surface area contributed by atoms with Crippen LogP contribution in [0.4, 0.5) is 10.7 Å². The van der Waals surface area contributed by atoms with Gasteiger partial charge in [0, 0.05) is 17.7 Å². The lowest BCUT2D eigenvalue weighted by molar-refractivity contribution is -0.287. The summed E-state index contributed by atoms with van der Waals surface area (Å²) in [5.74, 6) is 0.647. The number of halogens is 2. The van der Waals surface area contributed by atoms with Crippen molar-refractivity contribution in [3.05, 3.63) is 33.4 Å². The van der Waals surface area contributed by atoms with Gasteiger partial charge in [0.1, 0.15) is 5.75 Å². The highest BCUT2D eigenvalue weighted by atomic mass is 35.5. The smallest absolute Gasteiger partial charge is 0.318 e. The first-order valence-electron chi connectivity index (χ1n) is 8.22. The van der Waals surface area contributed by atoms with Gasteiger partial charge >= 0.3 is 6.03 Å². The SMILES string of the molecule is COc1cc(-c2nc(N)nc3c2CN(C(=O)NC2CC2)C3)c([ClH+])cc1Cl. The van der Waals surface area contributed by atoms with Crippen LogP contribution in [0.2, 0.25) is 10.0 Å². The van der Waals surface area contributed by atoms with Gasteiger partial charge in [-0.1, -0.05) is 11.6 Å². The summed E-state index contributed by atoms with van der Waals surface area (Å²) in [6, 6.07) is 3.60. The number of anilines is 1. The van der Waals surface area contributed by atoms with E-state index in [0.29, 0.717) is 46.2 Å². The highest BCUT2D eigenvalue weighted by molar-refractivity contribution is 6.32. The molecular weight excluding hydrogens is 377 g/mol. The Morgan fingerprint density at radius 3 is 2.85 bits per heavy atom. The number of rotatable bonds is 3. The molecule has 2 amide bonds. The minimum atomic E-state index is -0.0951. The van der Waals surface area contributed by atoms with E-state index in [2.05, 4.69) is 15.3 Å². The van der Waals surface area contributed by atoms with Gasteiger partial charge in [-0.2, -0.15) is 0 Å². The molecule has 26 heavy (non-hydrogen) atoms. The van der Waals surface area contributed by atoms with E-state index >= 15 is 0 Å². The molecule has 0 saturated heterocycles. The number of urea groups is 1. The first-order chi connectivity index (χ1) is 12.5. The molecule has 9 heteroatoms. The van der Waals surface area contributed by atoms with Crippen molar-refractivity contribution in [3.63, 3.8) is 0 Å². The van der Waals surface area contributed by atoms with Gasteiger partial charge in [-0.15, -0.1) is 0 Å². The van der Waals surface area contributed by atoms with Crippen molar-refractivity contribution < 1.29 is 21.1 Å². The Labute approximate surface area is 160 Å². The van der Waals surface area contributed by atoms with Gasteiger partial charge in [-0.05, 0) is 18.9 Å². The molecule has 1 aliphatic heterocycles. The molecule has 0 atom stereocenters. The third-order valence-corrected chi connectivity index (χ3v) is 5.13. The van der Waals surface area contributed by atoms with Crippen LogP contribution in [-0.2, 0) is 13.1 Å². The normalized spacial score (nSPS) is 15.7. The largest absolute Gasteiger partial charge is 0.495 e. The van der Waals surface area contributed by atoms with Gasteiger partial charge in [0.05, 0.1) is 42.2 Å². The fourth-order valence-electron chi connectivity index (χ4n) is 3.01. The summed E-state index contributed by atoms with van der Waals surface area (Å²) in [5, 5.41) is 3.97. The number of nitrogens with zero attached hydrogens (tertiary/aromatic N) is 3. The standard InChI is InChI=1S/C17H17Cl2N5O2/c1-26-14-4-9(11(18)5-12(14)19)15-10-6-24(17(25)21-8-2-3-8)7-13(10)22-16(20)23-15/h4-5,8,18H,2-3,6-7H2,1H3,(H2-,20,21,22,23,25)/p+1. The number of nitrogens with two attached hydrogens (primary N) is 1. The molecule has 2 aromatic rings. The van der Waals surface area contributed by atoms with Crippen LogP contribution in [0.5, 0.6) is 5.75 Å². The quantitative estimate of drug-likeness (QED) is 0.832. The van der Waals surface area contributed by atoms with Crippen molar-refractivity contribution in [1.82, 2.24) is 20.2 Å². The van der Waals surface area contributed by atoms with Crippen LogP contribution in [0.15, 0.2) is 12.1 Å². The zero-order valence-electron chi connectivity index (χ0n) is 14.1. The van der Waals surface area contributed by atoms with Crippen LogP contribution < -0.4 is 15.8 Å². The Morgan fingerprint density at radius 1 is 1.38 bits per heavy atom. The lowest BCUT2D eigenvalue weighted by Gasteiger charge is -2.15. The molecule has 0 unspecified atom stereocenters. The molecule has 0 spiro atoms. The van der Waals surface area contributed by atoms with Crippen molar-refractivity contribution in [3.8, 4) is 17.0 Å². The molecule has 1 aliphatic carbocycles. The average Bonchev–Trinajstić information content (AvgIpc) is 3.30. The number of amides is 2. The third-order valence-electron chi connectivity index (χ3n) is 4.50. The highest BCUT2D eigenvalue weighted by Gasteiger charge is 2.33. The Morgan fingerprint density at radius 2 is 2.15 bits per heavy atom. The van der Waals surface area contributed by atoms with Gasteiger partial charge in [0.15, 0.2) is 11.6 Å². The lowest BCUT2D eigenvalue weighted by atomic mass is 10.1. The summed E-state index contributed by atoms with van der Waals surface area (Å²) < 4.78 is 5.29. The van der Waals surface area contributed by atoms with Crippen molar-refractivity contribution in [1.29, 1.82) is 0 Å². The number of fused-ring (bicyclic) bond motifs is 1. The highest BCUT2D eigenvalue weighted by Crippen LogP contribution is 2.38. The molecule has 2 heterocycles. The first-order valence-corrected chi connectivity index (χ1v) is 9.00. The van der Waals surface area contributed by atoms with Gasteiger partial charge in [0.2, 0.25) is 11.0 Å². The number of nitrogens with one attached hydrogen (secondary N) is 1. The van der Waals surface area contributed by atoms with Crippen LogP contribution in [0, 0.1) is 11.6 Å². The van der Waals surface area contributed by atoms with Crippen LogP contribution in [0.25, 0.3) is 11.3 Å². The van der Waals surface area contributed by atoms with Crippen LogP contribution in [-0.4, -0.2) is 34.1 Å². The van der Waals surface area contributed by atoms with E-state index < -0.39 is 0 Å². The minimum Gasteiger partial charge on any atom is -0.495 e. The summed E-state index contributed by atoms with van der Waals surface area (Å²) >= 11 is 11.6. The number of ether oxygens (including phenoxy) is 1. The summed E-state index contributed by atoms with van der Waals surface area (Å²) in [4.78, 5) is 22.8. The molecule has 136 valence electrons. The maximum atomic E-state index is 12.4. The topological polar surface area (TPSA) is 93.4 Å². The van der Waals surface area contributed by atoms with Crippen molar-refractivity contribution in [2.45, 2.75) is 32.0 Å². The zero-order valence-corrected chi connectivity index (χ0v) is 15.7. The van der Waals surface area contributed by atoms with E-state index in [-0.39, 0.29) is 12.0 Å². The molecule has 2 aliphatic rings. The molecular formula is C17H18Cl2N5O2+. The maximum absolute atomic E-state index is 12.4. The predicted octanol–water partition coefficient (Wildman–Crippen LogP) is 2.27. The fourth-order valence-corrected chi connectivity index (χ4v) is 3.59. The van der Waals surface area contributed by atoms with Crippen molar-refractivity contribution >= 4 is 23.6 Å². The van der Waals surface area contributed by atoms with E-state index in [1.54, 1.807) is 17.0 Å². The van der Waals surface area contributed by atoms with E-state index in [9.17, 15) is 4.79 Å². The van der Waals surface area contributed by atoms with Gasteiger partial charge in [-0.25, -0.2) is 14.8 Å². The van der Waals surface area contributed by atoms with Crippen molar-refractivity contribution in [2.75, 3.05) is 12.8 Å². The molecule has 1 aromatic carbocycles. The summed E-state index contributed by atoms with van der Waals surface area (Å²) in [5.41, 5.74) is 8.80. The molecule has 3 N–H and O–H groups in total. The lowest BCUT2D eigenvalue weighted by Crippen LogP contribution is -2.37. The third kappa shape index (κ3) is 3.12. The summed E-state index contributed by atoms with van der Waals surface area (Å²) in [6.07, 6.45) is 2.07. The van der Waals surface area contributed by atoms with E-state index in [0.717, 1.165) is 24.1 Å². The first kappa shape index (κ1) is 17.2. The number of methoxy groups -OCH3 is 1. The Kier molecular flexibility index (Phi) is 4.28. The van der Waals surface area contributed by atoms with Crippen molar-refractivity contribution in [2.24, 2.45) is 0 Å². The van der Waals surface area contributed by atoms with E-state index in [1.165, 1.54) is 7.11 Å². The van der Waals surface area contributed by atoms with Gasteiger partial charge in [0.25, 0.3) is 0 Å². The number of carbonyl (C=O) groups excluding carboxylic acids is 1. The number of nitrogen functional groups attached to an aromatic ring is 1. The molecule has 0 bridgehead atoms. The second kappa shape index (κ2) is 6.48. The Hall–Kier alpha value is -2.25. The second-order valence-electron chi connectivity index (χ2n) is 6.42. The van der Waals surface area contributed by atoms with Crippen LogP contribution >= 0.6 is 11.6 Å². The molecule has 1 fully saturated rings. The van der Waals surface area contributed by atoms with Crippen LogP contribution in [0.1, 0.15) is 24.1 Å². The summed E-state index contributed by atoms with van der Waals surface area (Å²) in [7, 11) is 1.54. The monoisotopic (exact) mass is 394 g/mol. The summed E-state index contributed by atoms with van der Waals surface area (Å²) in [6.45, 7) is 0.800. The second-order valence-corrected chi connectivity index (χ2v) is 7.27. The molecule has 1 saturated carbocycles. The number of aromatic nitrogens is 2. The average molecular weight is 395 g/mol. The number of benzene rings is 1. The van der Waals surface area contributed by atoms with Gasteiger partial charge < -0.3 is 20.7 Å². The number of carbonyl (C=O) groups is 1. The predicted molar refractivity (Wildman–Crippen MR) is 94.8 cm³/mol. The number of hydrogen-bond donors (Lipinski definition) is 2. The van der Waals surface area contributed by atoms with E-state index in [4.69, 9.17) is 33.7 Å². The maximum Gasteiger partial charge on any atom is 0.318 e. The molecule has 0 radical (unpaired) electrons. The zero-order chi connectivity index (χ0) is 18.4. The fraction of sp³-hybridized carbons (Fsp3) is 0.353. The molecule has 4 rings (SSSR count). The number of hydrogen-bond acceptors (Lipinski definition) is 5. The van der Waals surface area contributed by atoms with Gasteiger partial charge in [-0.3, -0.25) is 0 Å². The molecule has 7 nitrogen and oxygen atoms in total. The van der Waals surface area contributed by atoms with E-state index in [1.807, 2.05) is 0 Å².